The van der Waals surface area contributed by atoms with Gasteiger partial charge >= 0.3 is 21.1 Å². The van der Waals surface area contributed by atoms with E-state index in [-0.39, 0.29) is 26.5 Å². The summed E-state index contributed by atoms with van der Waals surface area (Å²) in [5.74, 6) is 1.16. The van der Waals surface area contributed by atoms with Crippen LogP contribution < -0.4 is 4.74 Å². The van der Waals surface area contributed by atoms with Gasteiger partial charge in [-0.3, -0.25) is 9.97 Å². The molecule has 0 radical (unpaired) electrons. The minimum Gasteiger partial charge on any atom is -0.503 e. The van der Waals surface area contributed by atoms with Gasteiger partial charge in [0.1, 0.15) is 5.65 Å². The van der Waals surface area contributed by atoms with E-state index in [1.807, 2.05) is 42.7 Å². The molecule has 9 aromatic rings. The van der Waals surface area contributed by atoms with Gasteiger partial charge in [0.25, 0.3) is 0 Å². The van der Waals surface area contributed by atoms with Crippen molar-refractivity contribution < 1.29 is 25.8 Å². The van der Waals surface area contributed by atoms with Crippen molar-refractivity contribution in [2.45, 2.75) is 47.0 Å². The van der Waals surface area contributed by atoms with Gasteiger partial charge in [0.15, 0.2) is 0 Å². The fourth-order valence-corrected chi connectivity index (χ4v) is 7.45. The molecule has 0 aliphatic heterocycles. The van der Waals surface area contributed by atoms with E-state index in [0.717, 1.165) is 66.3 Å². The Morgan fingerprint density at radius 2 is 1.43 bits per heavy atom. The zero-order valence-corrected chi connectivity index (χ0v) is 31.5. The van der Waals surface area contributed by atoms with Crippen LogP contribution in [0.5, 0.6) is 11.5 Å². The summed E-state index contributed by atoms with van der Waals surface area (Å²) >= 11 is 0. The number of aromatic nitrogens is 5. The number of hydrogen-bond acceptors (Lipinski definition) is 4. The van der Waals surface area contributed by atoms with Crippen molar-refractivity contribution in [2.24, 2.45) is 0 Å². The molecule has 5 aromatic heterocycles. The van der Waals surface area contributed by atoms with Crippen LogP contribution in [0.3, 0.4) is 0 Å². The fourth-order valence-electron chi connectivity index (χ4n) is 7.45. The molecule has 0 saturated carbocycles. The van der Waals surface area contributed by atoms with Crippen molar-refractivity contribution >= 4 is 49.4 Å². The van der Waals surface area contributed by atoms with E-state index in [1.54, 1.807) is 0 Å². The SMILES string of the molecule is Cc1cc(C)c(-c2cn3c4cccnc4c4ccc(Oc5[c-]c(-n6c7cc(C(C)(C)C)ccc7c7cccnc76)ccc5)[c-]c4c3n2)c(C)c1.[Pt+2]. The van der Waals surface area contributed by atoms with Crippen LogP contribution in [0.25, 0.3) is 66.3 Å². The van der Waals surface area contributed by atoms with Gasteiger partial charge in [0.2, 0.25) is 0 Å². The van der Waals surface area contributed by atoms with Gasteiger partial charge in [-0.25, -0.2) is 4.98 Å². The second kappa shape index (κ2) is 12.2. The van der Waals surface area contributed by atoms with Crippen molar-refractivity contribution in [3.05, 3.63) is 138 Å². The summed E-state index contributed by atoms with van der Waals surface area (Å²) in [7, 11) is 0. The topological polar surface area (TPSA) is 57.2 Å². The third-order valence-electron chi connectivity index (χ3n) is 9.69. The smallest absolute Gasteiger partial charge is 0.503 e. The Kier molecular flexibility index (Phi) is 7.84. The van der Waals surface area contributed by atoms with Crippen molar-refractivity contribution in [1.82, 2.24) is 23.9 Å². The van der Waals surface area contributed by atoms with Crippen molar-refractivity contribution in [1.29, 1.82) is 0 Å². The molecule has 0 bridgehead atoms. The van der Waals surface area contributed by atoms with Crippen LogP contribution >= 0.6 is 0 Å². The summed E-state index contributed by atoms with van der Waals surface area (Å²) < 4.78 is 10.8. The molecule has 0 aliphatic rings. The number of hydrogen-bond donors (Lipinski definition) is 0. The Labute approximate surface area is 311 Å². The molecule has 0 unspecified atom stereocenters. The first-order chi connectivity index (χ1) is 24.1. The van der Waals surface area contributed by atoms with E-state index in [1.165, 1.54) is 22.3 Å². The normalized spacial score (nSPS) is 12.0. The molecule has 9 rings (SSSR count). The van der Waals surface area contributed by atoms with Crippen molar-refractivity contribution in [3.8, 4) is 28.4 Å². The van der Waals surface area contributed by atoms with Crippen LogP contribution in [0.1, 0.15) is 43.0 Å². The minimum atomic E-state index is 0. The summed E-state index contributed by atoms with van der Waals surface area (Å²) in [6.07, 6.45) is 5.79. The number of benzene rings is 4. The number of ether oxygens (including phenoxy) is 1. The van der Waals surface area contributed by atoms with Crippen LogP contribution in [-0.2, 0) is 26.5 Å². The van der Waals surface area contributed by atoms with E-state index in [2.05, 4.69) is 123 Å². The molecule has 7 heteroatoms. The molecule has 0 saturated heterocycles. The molecule has 5 heterocycles. The number of pyridine rings is 3. The average molecular weight is 845 g/mol. The monoisotopic (exact) mass is 844 g/mol. The molecule has 252 valence electrons. The van der Waals surface area contributed by atoms with E-state index < -0.39 is 0 Å². The van der Waals surface area contributed by atoms with Gasteiger partial charge in [0.05, 0.1) is 27.9 Å². The van der Waals surface area contributed by atoms with E-state index in [0.29, 0.717) is 11.5 Å². The van der Waals surface area contributed by atoms with Crippen molar-refractivity contribution in [2.75, 3.05) is 0 Å². The molecule has 6 nitrogen and oxygen atoms in total. The van der Waals surface area contributed by atoms with E-state index in [4.69, 9.17) is 19.7 Å². The molecule has 0 N–H and O–H groups in total. The summed E-state index contributed by atoms with van der Waals surface area (Å²) in [6, 6.07) is 36.4. The number of nitrogens with zero attached hydrogens (tertiary/aromatic N) is 5. The van der Waals surface area contributed by atoms with Gasteiger partial charge in [-0.15, -0.1) is 24.3 Å². The number of rotatable bonds is 4. The standard InChI is InChI=1S/C44H35N5O.Pt/c1-26-20-27(2)40(28(3)21-26)37-25-48-38-13-9-18-45-41(38)34-17-15-32(24-36(34)43(48)47-37)50-31-11-7-10-30(23-31)49-39-22-29(44(4,5)6)14-16-33(39)35-12-8-19-46-42(35)49;/h7-22,25H,1-6H3;/q-2;+2. The second-order valence-corrected chi connectivity index (χ2v) is 14.3. The fraction of sp³-hybridized carbons (Fsp3) is 0.159. The average Bonchev–Trinajstić information content (AvgIpc) is 3.68. The molecule has 0 spiro atoms. The van der Waals surface area contributed by atoms with Gasteiger partial charge in [0, 0.05) is 46.4 Å². The zero-order chi connectivity index (χ0) is 34.3. The molecule has 0 aliphatic carbocycles. The summed E-state index contributed by atoms with van der Waals surface area (Å²) in [5, 5.41) is 4.08. The Bertz CT molecular complexity index is 2800. The predicted octanol–water partition coefficient (Wildman–Crippen LogP) is 10.8. The first kappa shape index (κ1) is 32.9. The van der Waals surface area contributed by atoms with E-state index >= 15 is 0 Å². The molecule has 0 atom stereocenters. The number of imidazole rings is 1. The molecule has 51 heavy (non-hydrogen) atoms. The van der Waals surface area contributed by atoms with Crippen LogP contribution in [0.15, 0.2) is 104 Å². The number of aryl methyl sites for hydroxylation is 3. The minimum absolute atomic E-state index is 0. The first-order valence-electron chi connectivity index (χ1n) is 16.9. The maximum atomic E-state index is 6.53. The van der Waals surface area contributed by atoms with Gasteiger partial charge in [-0.2, -0.15) is 6.07 Å². The van der Waals surface area contributed by atoms with Crippen LogP contribution in [0.2, 0.25) is 0 Å². The second-order valence-electron chi connectivity index (χ2n) is 14.3. The molecule has 4 aromatic carbocycles. The zero-order valence-electron chi connectivity index (χ0n) is 29.3. The Morgan fingerprint density at radius 1 is 0.686 bits per heavy atom. The summed E-state index contributed by atoms with van der Waals surface area (Å²) in [4.78, 5) is 14.8. The van der Waals surface area contributed by atoms with Crippen molar-refractivity contribution in [3.63, 3.8) is 0 Å². The first-order valence-corrected chi connectivity index (χ1v) is 16.9. The Hall–Kier alpha value is -5.32. The maximum Gasteiger partial charge on any atom is 2.00 e. The largest absolute Gasteiger partial charge is 2.00 e. The van der Waals surface area contributed by atoms with Crippen LogP contribution in [0.4, 0.5) is 0 Å². The number of fused-ring (bicyclic) bond motifs is 9. The molecular formula is C44H35N5OPt. The Morgan fingerprint density at radius 3 is 2.24 bits per heavy atom. The van der Waals surface area contributed by atoms with Crippen LogP contribution in [0, 0.1) is 32.9 Å². The van der Waals surface area contributed by atoms with Gasteiger partial charge in [-0.05, 0) is 73.2 Å². The maximum absolute atomic E-state index is 6.53. The third-order valence-corrected chi connectivity index (χ3v) is 9.69. The molecular weight excluding hydrogens is 810 g/mol. The third kappa shape index (κ3) is 5.41. The quantitative estimate of drug-likeness (QED) is 0.131. The summed E-state index contributed by atoms with van der Waals surface area (Å²) in [5.41, 5.74) is 12.5. The van der Waals surface area contributed by atoms with Crippen LogP contribution in [-0.4, -0.2) is 23.9 Å². The Balaban J connectivity index is 0.00000374. The predicted molar refractivity (Wildman–Crippen MR) is 203 cm³/mol. The van der Waals surface area contributed by atoms with E-state index in [9.17, 15) is 0 Å². The summed E-state index contributed by atoms with van der Waals surface area (Å²) in [6.45, 7) is 13.1. The van der Waals surface area contributed by atoms with Gasteiger partial charge in [-0.1, -0.05) is 79.2 Å². The molecule has 0 fully saturated rings. The molecule has 0 amide bonds. The van der Waals surface area contributed by atoms with Gasteiger partial charge < -0.3 is 13.7 Å².